The van der Waals surface area contributed by atoms with E-state index in [2.05, 4.69) is 74.5 Å². The Kier molecular flexibility index (Phi) is 7.09. The van der Waals surface area contributed by atoms with Crippen LogP contribution in [0.5, 0.6) is 0 Å². The van der Waals surface area contributed by atoms with Crippen LogP contribution in [-0.2, 0) is 19.5 Å². The number of nitrogens with zero attached hydrogens (tertiary/aromatic N) is 4. The van der Waals surface area contributed by atoms with Gasteiger partial charge >= 0.3 is 0 Å². The molecule has 3 rings (SSSR count). The van der Waals surface area contributed by atoms with Crippen molar-refractivity contribution in [3.05, 3.63) is 52.8 Å². The fourth-order valence-electron chi connectivity index (χ4n) is 3.82. The van der Waals surface area contributed by atoms with Crippen LogP contribution in [0, 0.1) is 13.8 Å². The van der Waals surface area contributed by atoms with Gasteiger partial charge < -0.3 is 10.6 Å². The monoisotopic (exact) mass is 382 g/mol. The quantitative estimate of drug-likeness (QED) is 0.439. The Balaban J connectivity index is 1.38. The molecule has 0 aliphatic carbocycles. The van der Waals surface area contributed by atoms with E-state index in [-0.39, 0.29) is 0 Å². The Morgan fingerprint density at radius 1 is 1.21 bits per heavy atom. The zero-order valence-electron chi connectivity index (χ0n) is 17.7. The second kappa shape index (κ2) is 9.73. The maximum atomic E-state index is 4.51. The molecule has 1 atom stereocenters. The maximum absolute atomic E-state index is 4.51. The third kappa shape index (κ3) is 5.35. The summed E-state index contributed by atoms with van der Waals surface area (Å²) in [6.07, 6.45) is 2.15. The number of hydrogen-bond donors (Lipinski definition) is 2. The summed E-state index contributed by atoms with van der Waals surface area (Å²) in [6, 6.07) is 11.4. The van der Waals surface area contributed by atoms with Gasteiger partial charge in [-0.05, 0) is 50.8 Å². The zero-order valence-corrected chi connectivity index (χ0v) is 17.7. The number of nitrogens with one attached hydrogen (secondary N) is 2. The number of rotatable bonds is 7. The smallest absolute Gasteiger partial charge is 0.191 e. The first-order chi connectivity index (χ1) is 13.6. The molecule has 0 spiro atoms. The molecule has 0 amide bonds. The van der Waals surface area contributed by atoms with E-state index in [1.54, 1.807) is 0 Å². The molecule has 1 aliphatic heterocycles. The molecule has 28 heavy (non-hydrogen) atoms. The van der Waals surface area contributed by atoms with Crippen molar-refractivity contribution in [3.63, 3.8) is 0 Å². The van der Waals surface area contributed by atoms with E-state index in [4.69, 9.17) is 0 Å². The molecule has 1 aromatic heterocycles. The van der Waals surface area contributed by atoms with E-state index in [0.717, 1.165) is 57.2 Å². The van der Waals surface area contributed by atoms with E-state index in [9.17, 15) is 0 Å². The number of fused-ring (bicyclic) bond motifs is 1. The van der Waals surface area contributed by atoms with Crippen molar-refractivity contribution >= 4 is 5.96 Å². The first-order valence-electron chi connectivity index (χ1n) is 10.3. The van der Waals surface area contributed by atoms with Gasteiger partial charge in [0.15, 0.2) is 5.96 Å². The molecule has 0 radical (unpaired) electrons. The van der Waals surface area contributed by atoms with Crippen LogP contribution in [0.3, 0.4) is 0 Å². The number of aryl methyl sites for hydroxylation is 3. The van der Waals surface area contributed by atoms with Gasteiger partial charge in [-0.1, -0.05) is 24.3 Å². The topological polar surface area (TPSA) is 57.5 Å². The minimum Gasteiger partial charge on any atom is -0.356 e. The fraction of sp³-hybridized carbons (Fsp3) is 0.545. The third-order valence-electron chi connectivity index (χ3n) is 5.51. The summed E-state index contributed by atoms with van der Waals surface area (Å²) in [5.74, 6) is 0.873. The molecule has 1 aromatic carbocycles. The first-order valence-corrected chi connectivity index (χ1v) is 10.3. The van der Waals surface area contributed by atoms with E-state index in [0.29, 0.717) is 6.04 Å². The van der Waals surface area contributed by atoms with Crippen molar-refractivity contribution in [1.29, 1.82) is 0 Å². The predicted octanol–water partition coefficient (Wildman–Crippen LogP) is 2.50. The van der Waals surface area contributed by atoms with E-state index in [1.807, 2.05) is 14.0 Å². The molecular formula is C22H34N6. The van der Waals surface area contributed by atoms with Gasteiger partial charge in [0.25, 0.3) is 0 Å². The molecule has 6 heteroatoms. The van der Waals surface area contributed by atoms with Crippen molar-refractivity contribution in [2.45, 2.75) is 52.7 Å². The Hall–Kier alpha value is -2.34. The minimum atomic E-state index is 0.460. The normalized spacial score (nSPS) is 15.9. The fourth-order valence-corrected chi connectivity index (χ4v) is 3.82. The summed E-state index contributed by atoms with van der Waals surface area (Å²) in [7, 11) is 1.83. The van der Waals surface area contributed by atoms with Crippen molar-refractivity contribution < 1.29 is 0 Å². The van der Waals surface area contributed by atoms with Crippen LogP contribution in [-0.4, -0.2) is 53.4 Å². The van der Waals surface area contributed by atoms with Crippen LogP contribution < -0.4 is 10.6 Å². The van der Waals surface area contributed by atoms with Gasteiger partial charge in [-0.25, -0.2) is 0 Å². The van der Waals surface area contributed by atoms with Crippen molar-refractivity contribution in [1.82, 2.24) is 25.3 Å². The van der Waals surface area contributed by atoms with Gasteiger partial charge in [-0.15, -0.1) is 0 Å². The predicted molar refractivity (Wildman–Crippen MR) is 116 cm³/mol. The number of benzene rings is 1. The molecule has 0 saturated carbocycles. The van der Waals surface area contributed by atoms with Crippen LogP contribution in [0.4, 0.5) is 0 Å². The Bertz CT molecular complexity index is 794. The number of guanidine groups is 1. The van der Waals surface area contributed by atoms with Gasteiger partial charge in [-0.3, -0.25) is 14.6 Å². The largest absolute Gasteiger partial charge is 0.356 e. The van der Waals surface area contributed by atoms with Crippen molar-refractivity contribution in [2.24, 2.45) is 4.99 Å². The maximum Gasteiger partial charge on any atom is 0.191 e. The van der Waals surface area contributed by atoms with Crippen LogP contribution in [0.2, 0.25) is 0 Å². The standard InChI is InChI=1S/C22H34N6/c1-17-14-18(2)28(26-17)12-7-11-24-22(23-4)25-15-19(3)27-13-10-20-8-5-6-9-21(20)16-27/h5-6,8-9,14,19H,7,10-13,15-16H2,1-4H3,(H2,23,24,25). The lowest BCUT2D eigenvalue weighted by Gasteiger charge is -2.34. The second-order valence-corrected chi connectivity index (χ2v) is 7.72. The van der Waals surface area contributed by atoms with E-state index < -0.39 is 0 Å². The van der Waals surface area contributed by atoms with Crippen molar-refractivity contribution in [3.8, 4) is 0 Å². The van der Waals surface area contributed by atoms with Gasteiger partial charge in [0.2, 0.25) is 0 Å². The molecule has 1 aliphatic rings. The lowest BCUT2D eigenvalue weighted by molar-refractivity contribution is 0.191. The summed E-state index contributed by atoms with van der Waals surface area (Å²) in [5.41, 5.74) is 5.26. The molecule has 2 heterocycles. The van der Waals surface area contributed by atoms with Gasteiger partial charge in [-0.2, -0.15) is 5.10 Å². The lowest BCUT2D eigenvalue weighted by atomic mass is 9.99. The summed E-state index contributed by atoms with van der Waals surface area (Å²) in [6.45, 7) is 11.3. The molecule has 0 saturated heterocycles. The zero-order chi connectivity index (χ0) is 19.9. The summed E-state index contributed by atoms with van der Waals surface area (Å²) >= 11 is 0. The minimum absolute atomic E-state index is 0.460. The van der Waals surface area contributed by atoms with Gasteiger partial charge in [0, 0.05) is 51.5 Å². The SMILES string of the molecule is CN=C(NCCCn1nc(C)cc1C)NCC(C)N1CCc2ccccc2C1. The highest BCUT2D eigenvalue weighted by Gasteiger charge is 2.20. The molecule has 0 fully saturated rings. The van der Waals surface area contributed by atoms with E-state index >= 15 is 0 Å². The highest BCUT2D eigenvalue weighted by Crippen LogP contribution is 2.19. The molecule has 2 N–H and O–H groups in total. The number of aliphatic imine (C=N–C) groups is 1. The highest BCUT2D eigenvalue weighted by molar-refractivity contribution is 5.79. The average molecular weight is 383 g/mol. The van der Waals surface area contributed by atoms with Crippen LogP contribution in [0.1, 0.15) is 35.9 Å². The highest BCUT2D eigenvalue weighted by atomic mass is 15.3. The van der Waals surface area contributed by atoms with Crippen LogP contribution in [0.15, 0.2) is 35.3 Å². The number of hydrogen-bond acceptors (Lipinski definition) is 3. The third-order valence-corrected chi connectivity index (χ3v) is 5.51. The summed E-state index contributed by atoms with van der Waals surface area (Å²) in [5, 5.41) is 11.4. The number of aromatic nitrogens is 2. The molecule has 2 aromatic rings. The first kappa shape index (κ1) is 20.4. The van der Waals surface area contributed by atoms with E-state index in [1.165, 1.54) is 16.8 Å². The van der Waals surface area contributed by atoms with Crippen molar-refractivity contribution in [2.75, 3.05) is 26.7 Å². The Morgan fingerprint density at radius 3 is 2.71 bits per heavy atom. The van der Waals surface area contributed by atoms with Crippen LogP contribution in [0.25, 0.3) is 0 Å². The Labute approximate surface area is 169 Å². The Morgan fingerprint density at radius 2 is 2.00 bits per heavy atom. The van der Waals surface area contributed by atoms with Gasteiger partial charge in [0.1, 0.15) is 0 Å². The lowest BCUT2D eigenvalue weighted by Crippen LogP contribution is -2.47. The van der Waals surface area contributed by atoms with Crippen LogP contribution >= 0.6 is 0 Å². The second-order valence-electron chi connectivity index (χ2n) is 7.72. The molecule has 1 unspecified atom stereocenters. The molecule has 0 bridgehead atoms. The molecule has 6 nitrogen and oxygen atoms in total. The molecular weight excluding hydrogens is 348 g/mol. The average Bonchev–Trinajstić information content (AvgIpc) is 3.03. The van der Waals surface area contributed by atoms with Gasteiger partial charge in [0.05, 0.1) is 5.69 Å². The summed E-state index contributed by atoms with van der Waals surface area (Å²) in [4.78, 5) is 6.91. The summed E-state index contributed by atoms with van der Waals surface area (Å²) < 4.78 is 2.07. The molecule has 152 valence electrons.